The van der Waals surface area contributed by atoms with Crippen LogP contribution in [0.1, 0.15) is 33.4 Å². The first-order valence-electron chi connectivity index (χ1n) is 23.3. The minimum absolute atomic E-state index is 0.139. The van der Waals surface area contributed by atoms with E-state index in [4.69, 9.17) is 47.4 Å². The smallest absolute Gasteiger partial charge is 0.187 e. The van der Waals surface area contributed by atoms with Crippen molar-refractivity contribution in [2.24, 2.45) is 0 Å². The van der Waals surface area contributed by atoms with Crippen LogP contribution in [-0.2, 0) is 87.0 Å². The van der Waals surface area contributed by atoms with Gasteiger partial charge in [0, 0.05) is 0 Å². The van der Waals surface area contributed by atoms with Gasteiger partial charge in [-0.25, -0.2) is 0 Å². The average molecular weight is 923 g/mol. The summed E-state index contributed by atoms with van der Waals surface area (Å²) in [5.74, 6) is 0. The molecule has 10 atom stereocenters. The Morgan fingerprint density at radius 2 is 0.721 bits per heavy atom. The summed E-state index contributed by atoms with van der Waals surface area (Å²) in [5, 5.41) is 11.2. The monoisotopic (exact) mass is 922 g/mol. The Morgan fingerprint density at radius 1 is 0.382 bits per heavy atom. The van der Waals surface area contributed by atoms with Crippen molar-refractivity contribution in [2.75, 3.05) is 19.8 Å². The van der Waals surface area contributed by atoms with Crippen molar-refractivity contribution < 1.29 is 52.5 Å². The van der Waals surface area contributed by atoms with E-state index in [1.807, 2.05) is 182 Å². The maximum atomic E-state index is 11.2. The van der Waals surface area contributed by atoms with Crippen LogP contribution in [0.25, 0.3) is 0 Å². The van der Waals surface area contributed by atoms with E-state index < -0.39 is 68.0 Å². The summed E-state index contributed by atoms with van der Waals surface area (Å²) in [6.07, 6.45) is -7.15. The molecule has 6 aromatic carbocycles. The molecule has 0 saturated carbocycles. The van der Waals surface area contributed by atoms with E-state index in [9.17, 15) is 5.11 Å². The average Bonchev–Trinajstić information content (AvgIpc) is 3.40. The zero-order valence-electron chi connectivity index (χ0n) is 38.3. The Hall–Kier alpha value is -5.38. The number of rotatable bonds is 25. The molecule has 11 nitrogen and oxygen atoms in total. The lowest BCUT2D eigenvalue weighted by atomic mass is 9.96. The highest BCUT2D eigenvalue weighted by Crippen LogP contribution is 2.37. The number of benzene rings is 6. The molecule has 11 heteroatoms. The molecule has 0 aliphatic carbocycles. The summed E-state index contributed by atoms with van der Waals surface area (Å²) in [6.45, 7) is 5.35. The van der Waals surface area contributed by atoms with Crippen LogP contribution in [0.15, 0.2) is 195 Å². The van der Waals surface area contributed by atoms with Gasteiger partial charge in [-0.05, 0) is 33.4 Å². The van der Waals surface area contributed by atoms with Crippen LogP contribution in [0.3, 0.4) is 0 Å². The summed E-state index contributed by atoms with van der Waals surface area (Å²) in [4.78, 5) is 0. The number of hydrogen-bond donors (Lipinski definition) is 1. The van der Waals surface area contributed by atoms with E-state index in [2.05, 4.69) is 6.58 Å². The quantitative estimate of drug-likeness (QED) is 0.0555. The summed E-state index contributed by atoms with van der Waals surface area (Å²) >= 11 is 0. The van der Waals surface area contributed by atoms with Crippen molar-refractivity contribution in [3.05, 3.63) is 228 Å². The van der Waals surface area contributed by atoms with Crippen molar-refractivity contribution >= 4 is 0 Å². The van der Waals surface area contributed by atoms with Crippen molar-refractivity contribution in [2.45, 2.75) is 101 Å². The maximum absolute atomic E-state index is 11.2. The molecule has 6 aromatic rings. The molecule has 2 aliphatic heterocycles. The summed E-state index contributed by atoms with van der Waals surface area (Å²) in [5.41, 5.74) is 5.78. The molecule has 2 aliphatic rings. The fourth-order valence-corrected chi connectivity index (χ4v) is 8.40. The predicted molar refractivity (Wildman–Crippen MR) is 257 cm³/mol. The summed E-state index contributed by atoms with van der Waals surface area (Å²) < 4.78 is 68.2. The van der Waals surface area contributed by atoms with Gasteiger partial charge in [-0.3, -0.25) is 0 Å². The van der Waals surface area contributed by atoms with Crippen LogP contribution in [0, 0.1) is 0 Å². The van der Waals surface area contributed by atoms with E-state index in [0.717, 1.165) is 33.4 Å². The van der Waals surface area contributed by atoms with Gasteiger partial charge in [-0.15, -0.1) is 6.58 Å². The van der Waals surface area contributed by atoms with Gasteiger partial charge in [0.05, 0.1) is 59.5 Å². The number of aliphatic hydroxyl groups is 1. The van der Waals surface area contributed by atoms with E-state index in [1.165, 1.54) is 0 Å². The van der Waals surface area contributed by atoms with Crippen molar-refractivity contribution in [1.82, 2.24) is 0 Å². The molecule has 0 amide bonds. The van der Waals surface area contributed by atoms with Gasteiger partial charge in [0.25, 0.3) is 0 Å². The Balaban J connectivity index is 1.16. The van der Waals surface area contributed by atoms with Crippen LogP contribution < -0.4 is 0 Å². The second kappa shape index (κ2) is 26.4. The third-order valence-corrected chi connectivity index (χ3v) is 11.9. The highest BCUT2D eigenvalue weighted by atomic mass is 16.8. The molecule has 8 rings (SSSR count). The largest absolute Gasteiger partial charge is 0.394 e. The molecule has 0 aromatic heterocycles. The predicted octanol–water partition coefficient (Wildman–Crippen LogP) is 9.16. The summed E-state index contributed by atoms with van der Waals surface area (Å²) in [7, 11) is 0. The van der Waals surface area contributed by atoms with Gasteiger partial charge in [-0.1, -0.05) is 188 Å². The second-order valence-corrected chi connectivity index (χ2v) is 16.8. The summed E-state index contributed by atoms with van der Waals surface area (Å²) in [6, 6.07) is 59.5. The van der Waals surface area contributed by atoms with Crippen molar-refractivity contribution in [3.8, 4) is 0 Å². The first-order valence-corrected chi connectivity index (χ1v) is 23.3. The lowest BCUT2D eigenvalue weighted by molar-refractivity contribution is -0.382. The molecule has 1 N–H and O–H groups in total. The molecule has 2 saturated heterocycles. The van der Waals surface area contributed by atoms with E-state index in [0.29, 0.717) is 6.61 Å². The van der Waals surface area contributed by atoms with Crippen LogP contribution in [-0.4, -0.2) is 86.3 Å². The third-order valence-electron chi connectivity index (χ3n) is 11.9. The molecule has 2 heterocycles. The molecule has 2 fully saturated rings. The van der Waals surface area contributed by atoms with Gasteiger partial charge < -0.3 is 52.5 Å². The van der Waals surface area contributed by atoms with Gasteiger partial charge >= 0.3 is 0 Å². The molecular weight excluding hydrogens is 861 g/mol. The lowest BCUT2D eigenvalue weighted by Gasteiger charge is -2.50. The van der Waals surface area contributed by atoms with Gasteiger partial charge in [0.2, 0.25) is 0 Å². The fourth-order valence-electron chi connectivity index (χ4n) is 8.40. The molecule has 68 heavy (non-hydrogen) atoms. The van der Waals surface area contributed by atoms with Crippen LogP contribution in [0.2, 0.25) is 0 Å². The van der Waals surface area contributed by atoms with Crippen molar-refractivity contribution in [3.63, 3.8) is 0 Å². The molecule has 0 spiro atoms. The highest BCUT2D eigenvalue weighted by molar-refractivity contribution is 5.18. The fraction of sp³-hybridized carbons (Fsp3) is 0.333. The van der Waals surface area contributed by atoms with Crippen LogP contribution in [0.4, 0.5) is 0 Å². The Labute approximate surface area is 400 Å². The van der Waals surface area contributed by atoms with Crippen molar-refractivity contribution in [1.29, 1.82) is 0 Å². The van der Waals surface area contributed by atoms with Crippen LogP contribution in [0.5, 0.6) is 0 Å². The first kappa shape index (κ1) is 49.1. The first-order chi connectivity index (χ1) is 33.6. The number of hydrogen-bond acceptors (Lipinski definition) is 11. The SMILES string of the molecule is C=CCO[C@H]1O[C@H](COCc2ccccc2)[C@@H](OCc2ccccc2)[C@H](OCc2ccccc2)[C@@H]1O[C@H]1O[C@H](CO)[C@@H](OCc2ccccc2)[C@H](OCc2ccccc2)[C@@H]1OCc1ccccc1. The van der Waals surface area contributed by atoms with Gasteiger partial charge in [0.1, 0.15) is 48.8 Å². The zero-order chi connectivity index (χ0) is 46.6. The van der Waals surface area contributed by atoms with E-state index in [-0.39, 0.29) is 46.2 Å². The maximum Gasteiger partial charge on any atom is 0.187 e. The Bertz CT molecular complexity index is 2290. The molecule has 0 radical (unpaired) electrons. The zero-order valence-corrected chi connectivity index (χ0v) is 38.3. The van der Waals surface area contributed by atoms with E-state index >= 15 is 0 Å². The van der Waals surface area contributed by atoms with E-state index in [1.54, 1.807) is 6.08 Å². The minimum atomic E-state index is -1.17. The normalized spacial score (nSPS) is 24.9. The van der Waals surface area contributed by atoms with Gasteiger partial charge in [0.15, 0.2) is 12.6 Å². The Morgan fingerprint density at radius 3 is 1.12 bits per heavy atom. The third kappa shape index (κ3) is 14.1. The molecular formula is C57H62O11. The highest BCUT2D eigenvalue weighted by Gasteiger charge is 2.54. The topological polar surface area (TPSA) is 113 Å². The molecule has 0 bridgehead atoms. The minimum Gasteiger partial charge on any atom is -0.394 e. The van der Waals surface area contributed by atoms with Gasteiger partial charge in [-0.2, -0.15) is 0 Å². The second-order valence-electron chi connectivity index (χ2n) is 16.8. The lowest BCUT2D eigenvalue weighted by Crippen LogP contribution is -2.66. The number of ether oxygens (including phenoxy) is 10. The number of aliphatic hydroxyl groups excluding tert-OH is 1. The standard InChI is InChI=1S/C57H62O11/c1-2-33-60-56-55(53(64-39-46-29-17-7-18-30-46)51(62-37-44-25-13-5-14-26-44)49(67-56)41-59-35-42-21-9-3-10-22-42)68-57-54(65-40-47-31-19-8-20-32-47)52(63-38-45-27-15-6-16-28-45)50(48(34-58)66-57)61-36-43-23-11-4-12-24-43/h2-32,48-58H,1,33-41H2/t48-,49-,50-,51-,52+,53+,54+,55+,56+,57-/m1/s1. The molecule has 356 valence electrons. The Kier molecular flexibility index (Phi) is 19.0. The van der Waals surface area contributed by atoms with Crippen LogP contribution >= 0.6 is 0 Å². The molecule has 0 unspecified atom stereocenters.